The van der Waals surface area contributed by atoms with Crippen molar-refractivity contribution in [3.8, 4) is 0 Å². The minimum Gasteiger partial charge on any atom is -0.337 e. The van der Waals surface area contributed by atoms with E-state index in [0.29, 0.717) is 12.5 Å². The molecule has 6 nitrogen and oxygen atoms in total. The van der Waals surface area contributed by atoms with Crippen molar-refractivity contribution in [2.24, 2.45) is 7.05 Å². The van der Waals surface area contributed by atoms with Gasteiger partial charge in [0.05, 0.1) is 17.7 Å². The molecule has 122 valence electrons. The lowest BCUT2D eigenvalue weighted by atomic mass is 9.90. The van der Waals surface area contributed by atoms with Gasteiger partial charge in [0.2, 0.25) is 5.91 Å². The number of hydrogen-bond acceptors (Lipinski definition) is 3. The molecule has 1 fully saturated rings. The summed E-state index contributed by atoms with van der Waals surface area (Å²) in [5.74, 6) is 1.89. The molecule has 2 aliphatic rings. The van der Waals surface area contributed by atoms with E-state index >= 15 is 0 Å². The lowest BCUT2D eigenvalue weighted by Crippen LogP contribution is -2.27. The number of hydrogen-bond donors (Lipinski definition) is 1. The summed E-state index contributed by atoms with van der Waals surface area (Å²) >= 11 is 0. The van der Waals surface area contributed by atoms with Crippen LogP contribution in [0.5, 0.6) is 0 Å². The fourth-order valence-electron chi connectivity index (χ4n) is 4.10. The molecule has 1 aliphatic carbocycles. The number of nitrogens with zero attached hydrogens (tertiary/aromatic N) is 4. The largest absolute Gasteiger partial charge is 0.337 e. The topological polar surface area (TPSA) is 64.7 Å². The zero-order valence-corrected chi connectivity index (χ0v) is 13.7. The number of carbonyl (C=O) groups excluding carboxylic acids is 1. The van der Waals surface area contributed by atoms with Gasteiger partial charge in [-0.3, -0.25) is 4.79 Å². The smallest absolute Gasteiger partial charge is 0.226 e. The maximum Gasteiger partial charge on any atom is 0.226 e. The fraction of sp³-hybridized carbons (Fsp3) is 0.588. The van der Waals surface area contributed by atoms with Crippen LogP contribution >= 0.6 is 0 Å². The van der Waals surface area contributed by atoms with E-state index in [0.717, 1.165) is 35.7 Å². The highest BCUT2D eigenvalue weighted by molar-refractivity contribution is 5.94. The number of imidazole rings is 1. The van der Waals surface area contributed by atoms with E-state index in [4.69, 9.17) is 5.10 Å². The van der Waals surface area contributed by atoms with E-state index in [1.807, 2.05) is 24.7 Å². The first kappa shape index (κ1) is 14.5. The molecule has 1 amide bonds. The highest BCUT2D eigenvalue weighted by Gasteiger charge is 2.35. The Balaban J connectivity index is 1.80. The number of carbonyl (C=O) groups is 1. The van der Waals surface area contributed by atoms with E-state index < -0.39 is 0 Å². The Hall–Kier alpha value is -2.11. The van der Waals surface area contributed by atoms with Crippen LogP contribution in [0.2, 0.25) is 0 Å². The first-order valence-corrected chi connectivity index (χ1v) is 8.51. The fourth-order valence-corrected chi connectivity index (χ4v) is 4.10. The van der Waals surface area contributed by atoms with Crippen LogP contribution in [0.1, 0.15) is 67.6 Å². The first-order chi connectivity index (χ1) is 11.1. The Morgan fingerprint density at radius 1 is 1.26 bits per heavy atom. The Kier molecular flexibility index (Phi) is 3.47. The lowest BCUT2D eigenvalue weighted by molar-refractivity contribution is -0.116. The van der Waals surface area contributed by atoms with Gasteiger partial charge >= 0.3 is 0 Å². The molecule has 0 radical (unpaired) electrons. The number of aryl methyl sites for hydroxylation is 2. The van der Waals surface area contributed by atoms with Gasteiger partial charge in [-0.15, -0.1) is 0 Å². The van der Waals surface area contributed by atoms with Crippen molar-refractivity contribution >= 4 is 11.7 Å². The minimum absolute atomic E-state index is 0.00362. The molecule has 2 aromatic rings. The Morgan fingerprint density at radius 3 is 2.74 bits per heavy atom. The number of anilines is 1. The highest BCUT2D eigenvalue weighted by Crippen LogP contribution is 2.41. The lowest BCUT2D eigenvalue weighted by Gasteiger charge is -2.27. The van der Waals surface area contributed by atoms with E-state index in [9.17, 15) is 4.79 Å². The van der Waals surface area contributed by atoms with Gasteiger partial charge in [0.25, 0.3) is 0 Å². The van der Waals surface area contributed by atoms with Crippen LogP contribution < -0.4 is 5.32 Å². The van der Waals surface area contributed by atoms with E-state index in [1.54, 1.807) is 6.20 Å². The summed E-state index contributed by atoms with van der Waals surface area (Å²) in [4.78, 5) is 16.8. The number of fused-ring (bicyclic) bond motifs is 1. The minimum atomic E-state index is -0.00362. The molecule has 0 saturated heterocycles. The molecule has 4 rings (SSSR count). The Morgan fingerprint density at radius 2 is 2.04 bits per heavy atom. The molecule has 23 heavy (non-hydrogen) atoms. The molecule has 0 aromatic carbocycles. The number of rotatable bonds is 2. The summed E-state index contributed by atoms with van der Waals surface area (Å²) in [6, 6.07) is 0.409. The molecule has 1 unspecified atom stereocenters. The average Bonchev–Trinajstić information content (AvgIpc) is 3.11. The monoisotopic (exact) mass is 313 g/mol. The standard InChI is InChI=1S/C17H23N5O/c1-11-15-13(16-18-8-9-21(16)2)10-14(23)19-17(15)22(20-11)12-6-4-3-5-7-12/h8-9,12-13H,3-7,10H2,1-2H3,(H,19,23). The zero-order chi connectivity index (χ0) is 16.0. The van der Waals surface area contributed by atoms with Crippen LogP contribution in [0.15, 0.2) is 12.4 Å². The highest BCUT2D eigenvalue weighted by atomic mass is 16.1. The van der Waals surface area contributed by atoms with Crippen LogP contribution in [-0.2, 0) is 11.8 Å². The summed E-state index contributed by atoms with van der Waals surface area (Å²) in [6.07, 6.45) is 10.3. The summed E-state index contributed by atoms with van der Waals surface area (Å²) in [6.45, 7) is 2.05. The SMILES string of the molecule is Cc1nn(C2CCCCC2)c2c1C(c1nccn1C)CC(=O)N2. The van der Waals surface area contributed by atoms with Crippen molar-refractivity contribution in [1.82, 2.24) is 19.3 Å². The maximum atomic E-state index is 12.3. The van der Waals surface area contributed by atoms with Crippen molar-refractivity contribution in [2.45, 2.75) is 57.4 Å². The number of amides is 1. The predicted molar refractivity (Wildman–Crippen MR) is 87.4 cm³/mol. The van der Waals surface area contributed by atoms with Crippen LogP contribution in [0.25, 0.3) is 0 Å². The van der Waals surface area contributed by atoms with Crippen molar-refractivity contribution < 1.29 is 4.79 Å². The van der Waals surface area contributed by atoms with Gasteiger partial charge in [-0.2, -0.15) is 5.10 Å². The van der Waals surface area contributed by atoms with Gasteiger partial charge in [-0.1, -0.05) is 19.3 Å². The summed E-state index contributed by atoms with van der Waals surface area (Å²) in [5.41, 5.74) is 2.16. The third-order valence-corrected chi connectivity index (χ3v) is 5.22. The second-order valence-electron chi connectivity index (χ2n) is 6.79. The Labute approximate surface area is 135 Å². The maximum absolute atomic E-state index is 12.3. The molecule has 6 heteroatoms. The predicted octanol–water partition coefficient (Wildman–Crippen LogP) is 2.90. The van der Waals surface area contributed by atoms with Gasteiger partial charge in [0.1, 0.15) is 11.6 Å². The van der Waals surface area contributed by atoms with Crippen molar-refractivity contribution in [1.29, 1.82) is 0 Å². The van der Waals surface area contributed by atoms with Crippen molar-refractivity contribution in [3.63, 3.8) is 0 Å². The molecular weight excluding hydrogens is 290 g/mol. The molecular formula is C17H23N5O. The van der Waals surface area contributed by atoms with Gasteiger partial charge < -0.3 is 9.88 Å². The average molecular weight is 313 g/mol. The van der Waals surface area contributed by atoms with E-state index in [-0.39, 0.29) is 11.8 Å². The molecule has 3 heterocycles. The normalized spacial score (nSPS) is 22.0. The van der Waals surface area contributed by atoms with Gasteiger partial charge in [0.15, 0.2) is 0 Å². The third kappa shape index (κ3) is 2.36. The molecule has 1 N–H and O–H groups in total. The summed E-state index contributed by atoms with van der Waals surface area (Å²) in [7, 11) is 1.98. The second-order valence-corrected chi connectivity index (χ2v) is 6.79. The molecule has 1 saturated carbocycles. The number of nitrogens with one attached hydrogen (secondary N) is 1. The van der Waals surface area contributed by atoms with Gasteiger partial charge in [-0.05, 0) is 19.8 Å². The van der Waals surface area contributed by atoms with Crippen LogP contribution in [0.3, 0.4) is 0 Å². The van der Waals surface area contributed by atoms with Crippen molar-refractivity contribution in [3.05, 3.63) is 29.5 Å². The second kappa shape index (κ2) is 5.51. The van der Waals surface area contributed by atoms with Gasteiger partial charge in [-0.25, -0.2) is 9.67 Å². The quantitative estimate of drug-likeness (QED) is 0.927. The zero-order valence-electron chi connectivity index (χ0n) is 13.7. The molecule has 1 atom stereocenters. The van der Waals surface area contributed by atoms with Crippen LogP contribution in [-0.4, -0.2) is 25.2 Å². The first-order valence-electron chi connectivity index (χ1n) is 8.51. The summed E-state index contributed by atoms with van der Waals surface area (Å²) in [5, 5.41) is 7.89. The molecule has 0 bridgehead atoms. The Bertz CT molecular complexity index is 738. The van der Waals surface area contributed by atoms with Gasteiger partial charge in [0, 0.05) is 31.4 Å². The van der Waals surface area contributed by atoms with Crippen molar-refractivity contribution in [2.75, 3.05) is 5.32 Å². The van der Waals surface area contributed by atoms with E-state index in [2.05, 4.69) is 15.0 Å². The van der Waals surface area contributed by atoms with Crippen LogP contribution in [0, 0.1) is 6.92 Å². The van der Waals surface area contributed by atoms with Crippen LogP contribution in [0.4, 0.5) is 5.82 Å². The summed E-state index contributed by atoms with van der Waals surface area (Å²) < 4.78 is 4.08. The van der Waals surface area contributed by atoms with E-state index in [1.165, 1.54) is 19.3 Å². The molecule has 0 spiro atoms. The molecule has 2 aromatic heterocycles. The number of aromatic nitrogens is 4. The molecule has 1 aliphatic heterocycles. The third-order valence-electron chi connectivity index (χ3n) is 5.22.